The summed E-state index contributed by atoms with van der Waals surface area (Å²) < 4.78 is 0.884. The number of carbonyl (C=O) groups is 2. The average Bonchev–Trinajstić information content (AvgIpc) is 2.51. The van der Waals surface area contributed by atoms with Crippen molar-refractivity contribution in [2.24, 2.45) is 0 Å². The van der Waals surface area contributed by atoms with Crippen LogP contribution in [0.5, 0.6) is 0 Å². The average molecular weight is 375 g/mol. The first-order valence-electron chi connectivity index (χ1n) is 7.33. The number of hydrogen-bond donors (Lipinski definition) is 2. The molecule has 2 aromatic carbocycles. The lowest BCUT2D eigenvalue weighted by Crippen LogP contribution is -2.34. The summed E-state index contributed by atoms with van der Waals surface area (Å²) in [5.74, 6) is -0.424. The molecule has 0 atom stereocenters. The van der Waals surface area contributed by atoms with Crippen LogP contribution in [0, 0.1) is 13.8 Å². The van der Waals surface area contributed by atoms with E-state index in [9.17, 15) is 9.59 Å². The van der Waals surface area contributed by atoms with Gasteiger partial charge in [0.05, 0.1) is 13.0 Å². The van der Waals surface area contributed by atoms with Gasteiger partial charge in [-0.15, -0.1) is 0 Å². The van der Waals surface area contributed by atoms with E-state index in [4.69, 9.17) is 0 Å². The van der Waals surface area contributed by atoms with Crippen molar-refractivity contribution in [1.29, 1.82) is 0 Å². The highest BCUT2D eigenvalue weighted by Gasteiger charge is 2.09. The molecule has 0 saturated carbocycles. The Morgan fingerprint density at radius 1 is 1.04 bits per heavy atom. The van der Waals surface area contributed by atoms with Crippen LogP contribution in [0.3, 0.4) is 0 Å². The van der Waals surface area contributed by atoms with Gasteiger partial charge in [-0.25, -0.2) is 0 Å². The first-order chi connectivity index (χ1) is 11.0. The van der Waals surface area contributed by atoms with E-state index in [2.05, 4.69) is 26.6 Å². The van der Waals surface area contributed by atoms with Crippen molar-refractivity contribution in [2.45, 2.75) is 20.3 Å². The molecule has 0 radical (unpaired) electrons. The third kappa shape index (κ3) is 5.21. The maximum atomic E-state index is 12.0. The van der Waals surface area contributed by atoms with Gasteiger partial charge in [-0.3, -0.25) is 9.59 Å². The fourth-order valence-electron chi connectivity index (χ4n) is 2.12. The maximum Gasteiger partial charge on any atom is 0.243 e. The zero-order valence-electron chi connectivity index (χ0n) is 13.2. The molecule has 120 valence electrons. The number of nitrogens with one attached hydrogen (secondary N) is 2. The van der Waals surface area contributed by atoms with Crippen molar-refractivity contribution in [3.63, 3.8) is 0 Å². The first kappa shape index (κ1) is 17.2. The lowest BCUT2D eigenvalue weighted by molar-refractivity contribution is -0.123. The Morgan fingerprint density at radius 3 is 2.52 bits per heavy atom. The number of benzene rings is 2. The Morgan fingerprint density at radius 2 is 1.78 bits per heavy atom. The van der Waals surface area contributed by atoms with Crippen LogP contribution in [0.4, 0.5) is 5.69 Å². The quantitative estimate of drug-likeness (QED) is 0.842. The molecule has 23 heavy (non-hydrogen) atoms. The summed E-state index contributed by atoms with van der Waals surface area (Å²) in [6.45, 7) is 3.85. The Bertz CT molecular complexity index is 729. The van der Waals surface area contributed by atoms with Gasteiger partial charge in [0.2, 0.25) is 11.8 Å². The molecule has 0 unspecified atom stereocenters. The van der Waals surface area contributed by atoms with Crippen LogP contribution in [0.25, 0.3) is 0 Å². The molecule has 5 heteroatoms. The van der Waals surface area contributed by atoms with Crippen LogP contribution in [0.1, 0.15) is 16.7 Å². The minimum Gasteiger partial charge on any atom is -0.347 e. The van der Waals surface area contributed by atoms with Gasteiger partial charge in [-0.1, -0.05) is 46.3 Å². The first-order valence-corrected chi connectivity index (χ1v) is 8.12. The van der Waals surface area contributed by atoms with Gasteiger partial charge >= 0.3 is 0 Å². The number of amides is 2. The molecule has 0 aliphatic carbocycles. The normalized spacial score (nSPS) is 10.2. The predicted molar refractivity (Wildman–Crippen MR) is 95.4 cm³/mol. The topological polar surface area (TPSA) is 58.2 Å². The van der Waals surface area contributed by atoms with Gasteiger partial charge in [-0.05, 0) is 42.7 Å². The van der Waals surface area contributed by atoms with E-state index in [1.807, 2.05) is 56.3 Å². The molecule has 0 aliphatic rings. The SMILES string of the molecule is Cc1ccc(C)c(NC(=O)CNC(=O)Cc2ccccc2Br)c1. The zero-order valence-corrected chi connectivity index (χ0v) is 14.7. The van der Waals surface area contributed by atoms with E-state index in [-0.39, 0.29) is 24.8 Å². The molecule has 4 nitrogen and oxygen atoms in total. The molecule has 0 aromatic heterocycles. The van der Waals surface area contributed by atoms with Gasteiger partial charge in [0.1, 0.15) is 0 Å². The summed E-state index contributed by atoms with van der Waals surface area (Å²) in [6, 6.07) is 13.4. The molecule has 0 spiro atoms. The van der Waals surface area contributed by atoms with Crippen LogP contribution >= 0.6 is 15.9 Å². The van der Waals surface area contributed by atoms with E-state index < -0.39 is 0 Å². The molecule has 2 amide bonds. The van der Waals surface area contributed by atoms with E-state index >= 15 is 0 Å². The van der Waals surface area contributed by atoms with E-state index in [0.29, 0.717) is 0 Å². The number of hydrogen-bond acceptors (Lipinski definition) is 2. The molecule has 0 saturated heterocycles. The second-order valence-corrected chi connectivity index (χ2v) is 6.27. The molecule has 2 aromatic rings. The van der Waals surface area contributed by atoms with E-state index in [1.165, 1.54) is 0 Å². The van der Waals surface area contributed by atoms with Crippen LogP contribution < -0.4 is 10.6 Å². The molecule has 0 aliphatic heterocycles. The van der Waals surface area contributed by atoms with Crippen molar-refractivity contribution in [3.8, 4) is 0 Å². The Hall–Kier alpha value is -2.14. The summed E-state index contributed by atoms with van der Waals surface area (Å²) in [7, 11) is 0. The molecular weight excluding hydrogens is 356 g/mol. The largest absolute Gasteiger partial charge is 0.347 e. The highest BCUT2D eigenvalue weighted by atomic mass is 79.9. The number of aryl methyl sites for hydroxylation is 2. The summed E-state index contributed by atoms with van der Waals surface area (Å²) >= 11 is 3.40. The van der Waals surface area contributed by atoms with Crippen molar-refractivity contribution >= 4 is 33.4 Å². The van der Waals surface area contributed by atoms with Crippen LogP contribution in [-0.2, 0) is 16.0 Å². The molecule has 2 rings (SSSR count). The Kier molecular flexibility index (Phi) is 5.93. The minimum atomic E-state index is -0.237. The minimum absolute atomic E-state index is 0.0450. The monoisotopic (exact) mass is 374 g/mol. The Labute approximate surface area is 144 Å². The molecule has 2 N–H and O–H groups in total. The fourth-order valence-corrected chi connectivity index (χ4v) is 2.55. The summed E-state index contributed by atoms with van der Waals surface area (Å²) in [5, 5.41) is 5.46. The number of anilines is 1. The van der Waals surface area contributed by atoms with E-state index in [1.54, 1.807) is 0 Å². The van der Waals surface area contributed by atoms with Crippen LogP contribution in [0.15, 0.2) is 46.9 Å². The summed E-state index contributed by atoms with van der Waals surface area (Å²) in [6.07, 6.45) is 0.234. The van der Waals surface area contributed by atoms with Crippen molar-refractivity contribution in [3.05, 3.63) is 63.6 Å². The maximum absolute atomic E-state index is 12.0. The van der Waals surface area contributed by atoms with Gasteiger partial charge in [0.25, 0.3) is 0 Å². The van der Waals surface area contributed by atoms with Gasteiger partial charge in [-0.2, -0.15) is 0 Å². The van der Waals surface area contributed by atoms with Gasteiger partial charge < -0.3 is 10.6 Å². The second kappa shape index (κ2) is 7.92. The molecule has 0 fully saturated rings. The summed E-state index contributed by atoms with van der Waals surface area (Å²) in [5.41, 5.74) is 3.72. The fraction of sp³-hybridized carbons (Fsp3) is 0.222. The summed E-state index contributed by atoms with van der Waals surface area (Å²) in [4.78, 5) is 23.9. The zero-order chi connectivity index (χ0) is 16.8. The predicted octanol–water partition coefficient (Wildman–Crippen LogP) is 3.36. The van der Waals surface area contributed by atoms with Gasteiger partial charge in [0.15, 0.2) is 0 Å². The lowest BCUT2D eigenvalue weighted by atomic mass is 10.1. The van der Waals surface area contributed by atoms with Crippen LogP contribution in [-0.4, -0.2) is 18.4 Å². The number of halogens is 1. The lowest BCUT2D eigenvalue weighted by Gasteiger charge is -2.10. The molecule has 0 bridgehead atoms. The van der Waals surface area contributed by atoms with Gasteiger partial charge in [0, 0.05) is 10.2 Å². The second-order valence-electron chi connectivity index (χ2n) is 5.41. The van der Waals surface area contributed by atoms with Crippen molar-refractivity contribution in [2.75, 3.05) is 11.9 Å². The highest BCUT2D eigenvalue weighted by Crippen LogP contribution is 2.17. The Balaban J connectivity index is 1.85. The third-order valence-corrected chi connectivity index (χ3v) is 4.20. The molecule has 0 heterocycles. The van der Waals surface area contributed by atoms with Crippen molar-refractivity contribution in [1.82, 2.24) is 5.32 Å². The third-order valence-electron chi connectivity index (χ3n) is 3.42. The number of carbonyl (C=O) groups excluding carboxylic acids is 2. The highest BCUT2D eigenvalue weighted by molar-refractivity contribution is 9.10. The number of rotatable bonds is 5. The standard InChI is InChI=1S/C18H19BrN2O2/c1-12-7-8-13(2)16(9-12)21-18(23)11-20-17(22)10-14-5-3-4-6-15(14)19/h3-9H,10-11H2,1-2H3,(H,20,22)(H,21,23). The molecular formula is C18H19BrN2O2. The van der Waals surface area contributed by atoms with Crippen molar-refractivity contribution < 1.29 is 9.59 Å². The smallest absolute Gasteiger partial charge is 0.243 e. The van der Waals surface area contributed by atoms with Crippen LogP contribution in [0.2, 0.25) is 0 Å². The van der Waals surface area contributed by atoms with E-state index in [0.717, 1.165) is 26.9 Å².